The van der Waals surface area contributed by atoms with Crippen molar-refractivity contribution in [1.82, 2.24) is 0 Å². The first-order valence-corrected chi connectivity index (χ1v) is 10.5. The second-order valence-electron chi connectivity index (χ2n) is 8.81. The first-order chi connectivity index (χ1) is 14.9. The van der Waals surface area contributed by atoms with E-state index >= 15 is 0 Å². The quantitative estimate of drug-likeness (QED) is 0.347. The molecule has 0 radical (unpaired) electrons. The fraction of sp³-hybridized carbons (Fsp3) is 0.458. The van der Waals surface area contributed by atoms with Crippen LogP contribution in [-0.4, -0.2) is 55.0 Å². The van der Waals surface area contributed by atoms with Crippen molar-refractivity contribution in [3.05, 3.63) is 52.1 Å². The van der Waals surface area contributed by atoms with Crippen molar-refractivity contribution in [3.63, 3.8) is 0 Å². The van der Waals surface area contributed by atoms with Crippen LogP contribution in [-0.2, 0) is 30.8 Å². The minimum absolute atomic E-state index is 0. The molecule has 0 saturated heterocycles. The summed E-state index contributed by atoms with van der Waals surface area (Å²) in [6, 6.07) is 7.34. The van der Waals surface area contributed by atoms with Crippen LogP contribution in [0.2, 0.25) is 0 Å². The highest BCUT2D eigenvalue weighted by Gasteiger charge is 2.41. The molecular formula is C24H30INO6. The maximum atomic E-state index is 13.2. The van der Waals surface area contributed by atoms with E-state index in [0.717, 1.165) is 40.8 Å². The SMILES string of the molecule is COc1cc(CO)ccc1CC(=O)CC1c2c(cc3c(c2CO)OCO3)CC[N+]1(C)C.[I-]. The lowest BCUT2D eigenvalue weighted by molar-refractivity contribution is -0.922. The predicted octanol–water partition coefficient (Wildman–Crippen LogP) is -0.712. The molecule has 0 fully saturated rings. The van der Waals surface area contributed by atoms with Gasteiger partial charge in [0.1, 0.15) is 17.6 Å². The van der Waals surface area contributed by atoms with Gasteiger partial charge < -0.3 is 52.9 Å². The van der Waals surface area contributed by atoms with Crippen LogP contribution in [0, 0.1) is 0 Å². The number of halogens is 1. The van der Waals surface area contributed by atoms with E-state index in [1.165, 1.54) is 0 Å². The molecule has 174 valence electrons. The summed E-state index contributed by atoms with van der Waals surface area (Å²) in [5.74, 6) is 1.98. The van der Waals surface area contributed by atoms with Gasteiger partial charge in [0, 0.05) is 29.5 Å². The Kier molecular flexibility index (Phi) is 7.69. The lowest BCUT2D eigenvalue weighted by atomic mass is 9.83. The molecule has 1 atom stereocenters. The number of fused-ring (bicyclic) bond motifs is 2. The van der Waals surface area contributed by atoms with E-state index in [-0.39, 0.29) is 62.2 Å². The van der Waals surface area contributed by atoms with E-state index < -0.39 is 0 Å². The third-order valence-electron chi connectivity index (χ3n) is 6.53. The summed E-state index contributed by atoms with van der Waals surface area (Å²) in [6.45, 7) is 0.811. The second kappa shape index (κ2) is 9.94. The van der Waals surface area contributed by atoms with Crippen LogP contribution in [0.25, 0.3) is 0 Å². The Morgan fingerprint density at radius 3 is 2.66 bits per heavy atom. The molecule has 0 aliphatic carbocycles. The number of hydrogen-bond donors (Lipinski definition) is 2. The highest BCUT2D eigenvalue weighted by atomic mass is 127. The molecule has 2 aliphatic rings. The fourth-order valence-corrected chi connectivity index (χ4v) is 4.76. The van der Waals surface area contributed by atoms with Gasteiger partial charge in [-0.2, -0.15) is 0 Å². The monoisotopic (exact) mass is 555 g/mol. The highest BCUT2D eigenvalue weighted by Crippen LogP contribution is 2.47. The van der Waals surface area contributed by atoms with Gasteiger partial charge in [0.15, 0.2) is 11.5 Å². The van der Waals surface area contributed by atoms with Crippen LogP contribution in [0.15, 0.2) is 24.3 Å². The van der Waals surface area contributed by atoms with Crippen molar-refractivity contribution < 1.29 is 57.7 Å². The number of hydrogen-bond acceptors (Lipinski definition) is 6. The van der Waals surface area contributed by atoms with Gasteiger partial charge in [-0.1, -0.05) is 12.1 Å². The summed E-state index contributed by atoms with van der Waals surface area (Å²) in [5.41, 5.74) is 4.42. The van der Waals surface area contributed by atoms with Crippen LogP contribution >= 0.6 is 0 Å². The number of nitrogens with zero attached hydrogens (tertiary/aromatic N) is 1. The molecule has 1 unspecified atom stereocenters. The number of Topliss-reactive ketones (excluding diaryl/α,β-unsaturated/α-hetero) is 1. The van der Waals surface area contributed by atoms with Gasteiger partial charge in [-0.3, -0.25) is 4.79 Å². The summed E-state index contributed by atoms with van der Waals surface area (Å²) in [7, 11) is 5.82. The zero-order chi connectivity index (χ0) is 22.2. The molecular weight excluding hydrogens is 525 g/mol. The Morgan fingerprint density at radius 2 is 1.97 bits per heavy atom. The number of aliphatic hydroxyl groups is 2. The highest BCUT2D eigenvalue weighted by molar-refractivity contribution is 5.82. The first kappa shape index (κ1) is 24.8. The van der Waals surface area contributed by atoms with Crippen LogP contribution in [0.5, 0.6) is 17.2 Å². The van der Waals surface area contributed by atoms with E-state index in [1.54, 1.807) is 13.2 Å². The molecule has 8 heteroatoms. The van der Waals surface area contributed by atoms with Gasteiger partial charge in [0.25, 0.3) is 0 Å². The summed E-state index contributed by atoms with van der Waals surface area (Å²) >= 11 is 0. The average Bonchev–Trinajstić information content (AvgIpc) is 3.23. The van der Waals surface area contributed by atoms with Gasteiger partial charge in [-0.05, 0) is 23.3 Å². The molecule has 0 saturated carbocycles. The van der Waals surface area contributed by atoms with Crippen LogP contribution < -0.4 is 38.2 Å². The minimum atomic E-state index is -0.157. The summed E-state index contributed by atoms with van der Waals surface area (Å²) in [6.07, 6.45) is 1.45. The molecule has 7 nitrogen and oxygen atoms in total. The second-order valence-corrected chi connectivity index (χ2v) is 8.81. The summed E-state index contributed by atoms with van der Waals surface area (Å²) in [4.78, 5) is 13.2. The lowest BCUT2D eigenvalue weighted by Crippen LogP contribution is -3.00. The van der Waals surface area contributed by atoms with Gasteiger partial charge >= 0.3 is 0 Å². The van der Waals surface area contributed by atoms with Gasteiger partial charge in [0.05, 0.1) is 47.4 Å². The Morgan fingerprint density at radius 1 is 1.19 bits per heavy atom. The third kappa shape index (κ3) is 4.59. The van der Waals surface area contributed by atoms with Crippen molar-refractivity contribution in [1.29, 1.82) is 0 Å². The first-order valence-electron chi connectivity index (χ1n) is 10.5. The van der Waals surface area contributed by atoms with Crippen LogP contribution in [0.4, 0.5) is 0 Å². The maximum absolute atomic E-state index is 13.2. The Bertz CT molecular complexity index is 1010. The van der Waals surface area contributed by atoms with Crippen LogP contribution in [0.3, 0.4) is 0 Å². The zero-order valence-corrected chi connectivity index (χ0v) is 20.8. The molecule has 0 spiro atoms. The fourth-order valence-electron chi connectivity index (χ4n) is 4.76. The van der Waals surface area contributed by atoms with E-state index in [9.17, 15) is 15.0 Å². The van der Waals surface area contributed by atoms with E-state index in [1.807, 2.05) is 18.2 Å². The smallest absolute Gasteiger partial charge is 0.231 e. The topological polar surface area (TPSA) is 85.2 Å². The van der Waals surface area contributed by atoms with E-state index in [2.05, 4.69) is 14.1 Å². The largest absolute Gasteiger partial charge is 1.00 e. The molecule has 2 N–H and O–H groups in total. The molecule has 0 aromatic heterocycles. The summed E-state index contributed by atoms with van der Waals surface area (Å²) < 4.78 is 17.3. The standard InChI is InChI=1S/C24H30NO6.HI/c1-25(2)7-6-17-10-22-24(31-14-30-22)19(13-27)23(17)20(25)11-18(28)9-16-5-4-15(12-26)8-21(16)29-3;/h4-5,8,10,20,26-27H,6-7,9,11-14H2,1-3H3;1H/q+1;/p-1. The minimum Gasteiger partial charge on any atom is -1.00 e. The Hall–Kier alpha value is -1.88. The van der Waals surface area contributed by atoms with Crippen molar-refractivity contribution in [2.45, 2.75) is 38.5 Å². The van der Waals surface area contributed by atoms with Crippen molar-refractivity contribution in [2.75, 3.05) is 34.5 Å². The molecule has 0 bridgehead atoms. The molecule has 2 aromatic rings. The van der Waals surface area contributed by atoms with Crippen LogP contribution in [0.1, 0.15) is 40.3 Å². The number of rotatable bonds is 7. The predicted molar refractivity (Wildman–Crippen MR) is 114 cm³/mol. The Balaban J connectivity index is 0.00000289. The molecule has 4 rings (SSSR count). The number of aliphatic hydroxyl groups excluding tert-OH is 2. The number of ketones is 1. The lowest BCUT2D eigenvalue weighted by Gasteiger charge is -2.43. The van der Waals surface area contributed by atoms with Crippen molar-refractivity contribution >= 4 is 5.78 Å². The van der Waals surface area contributed by atoms with Gasteiger partial charge in [-0.25, -0.2) is 0 Å². The number of carbonyl (C=O) groups is 1. The number of carbonyl (C=O) groups excluding carboxylic acids is 1. The molecule has 0 amide bonds. The van der Waals surface area contributed by atoms with Crippen molar-refractivity contribution in [2.24, 2.45) is 0 Å². The summed E-state index contributed by atoms with van der Waals surface area (Å²) in [5, 5.41) is 19.5. The zero-order valence-electron chi connectivity index (χ0n) is 18.7. The van der Waals surface area contributed by atoms with Crippen molar-refractivity contribution in [3.8, 4) is 17.2 Å². The van der Waals surface area contributed by atoms with E-state index in [0.29, 0.717) is 28.2 Å². The number of benzene rings is 2. The molecule has 2 aromatic carbocycles. The molecule has 2 aliphatic heterocycles. The normalized spacial score (nSPS) is 18.0. The maximum Gasteiger partial charge on any atom is 0.231 e. The number of likely N-dealkylation sites (N-methyl/N-ethyl adjacent to an activating group) is 1. The molecule has 2 heterocycles. The van der Waals surface area contributed by atoms with Gasteiger partial charge in [0.2, 0.25) is 6.79 Å². The molecule has 32 heavy (non-hydrogen) atoms. The average molecular weight is 555 g/mol. The number of methoxy groups -OCH3 is 1. The Labute approximate surface area is 205 Å². The van der Waals surface area contributed by atoms with E-state index in [4.69, 9.17) is 14.2 Å². The number of quaternary nitrogens is 1. The number of ether oxygens (including phenoxy) is 3. The van der Waals surface area contributed by atoms with Gasteiger partial charge in [-0.15, -0.1) is 0 Å². The third-order valence-corrected chi connectivity index (χ3v) is 6.53.